The Balaban J connectivity index is 2.33. The molecule has 0 atom stereocenters. The minimum atomic E-state index is -0.387. The van der Waals surface area contributed by atoms with Crippen LogP contribution in [-0.4, -0.2) is 33.3 Å². The molecule has 2 rings (SSSR count). The molecule has 0 amide bonds. The van der Waals surface area contributed by atoms with E-state index in [0.29, 0.717) is 11.3 Å². The van der Waals surface area contributed by atoms with Crippen molar-refractivity contribution in [3.63, 3.8) is 0 Å². The monoisotopic (exact) mass is 235 g/mol. The number of carbonyl (C=O) groups is 1. The number of hydrogen-bond donors (Lipinski definition) is 0. The molecule has 0 bridgehead atoms. The summed E-state index contributed by atoms with van der Waals surface area (Å²) in [5.74, 6) is -0.387. The van der Waals surface area contributed by atoms with Gasteiger partial charge in [0, 0.05) is 0 Å². The highest BCUT2D eigenvalue weighted by Gasteiger charge is 2.07. The van der Waals surface area contributed by atoms with Crippen LogP contribution in [0.25, 0.3) is 5.69 Å². The van der Waals surface area contributed by atoms with E-state index in [9.17, 15) is 4.79 Å². The number of carbonyl (C=O) groups excluding carboxylic acids is 1. The number of aromatic nitrogens is 4. The SMILES string of the molecule is COC(=O)c1ccc(-n2nnnc2[S])cc1. The van der Waals surface area contributed by atoms with E-state index in [2.05, 4.69) is 20.3 Å². The van der Waals surface area contributed by atoms with Gasteiger partial charge in [0.1, 0.15) is 0 Å². The van der Waals surface area contributed by atoms with Crippen LogP contribution in [-0.2, 0) is 4.74 Å². The van der Waals surface area contributed by atoms with Crippen molar-refractivity contribution in [3.05, 3.63) is 29.8 Å². The Kier molecular flexibility index (Phi) is 2.78. The summed E-state index contributed by atoms with van der Waals surface area (Å²) in [5, 5.41) is 11.0. The summed E-state index contributed by atoms with van der Waals surface area (Å²) < 4.78 is 5.98. The maximum absolute atomic E-state index is 11.2. The number of ether oxygens (including phenoxy) is 1. The smallest absolute Gasteiger partial charge is 0.337 e. The van der Waals surface area contributed by atoms with E-state index >= 15 is 0 Å². The molecule has 1 radical (unpaired) electrons. The Hall–Kier alpha value is -2.02. The molecule has 0 aliphatic carbocycles. The largest absolute Gasteiger partial charge is 0.465 e. The summed E-state index contributed by atoms with van der Waals surface area (Å²) in [4.78, 5) is 11.2. The van der Waals surface area contributed by atoms with Crippen LogP contribution < -0.4 is 0 Å². The zero-order valence-corrected chi connectivity index (χ0v) is 9.14. The number of benzene rings is 1. The van der Waals surface area contributed by atoms with Gasteiger partial charge in [-0.2, -0.15) is 4.68 Å². The topological polar surface area (TPSA) is 69.9 Å². The number of hydrogen-bond acceptors (Lipinski definition) is 5. The van der Waals surface area contributed by atoms with E-state index in [4.69, 9.17) is 12.6 Å². The molecule has 0 fully saturated rings. The highest BCUT2D eigenvalue weighted by Crippen LogP contribution is 2.12. The molecular weight excluding hydrogens is 228 g/mol. The Morgan fingerprint density at radius 2 is 2.06 bits per heavy atom. The van der Waals surface area contributed by atoms with Gasteiger partial charge in [-0.3, -0.25) is 0 Å². The molecule has 1 heterocycles. The average molecular weight is 235 g/mol. The molecule has 81 valence electrons. The van der Waals surface area contributed by atoms with Crippen molar-refractivity contribution in [1.29, 1.82) is 0 Å². The van der Waals surface area contributed by atoms with Crippen molar-refractivity contribution in [2.24, 2.45) is 0 Å². The third-order valence-corrected chi connectivity index (χ3v) is 2.23. The van der Waals surface area contributed by atoms with Gasteiger partial charge < -0.3 is 4.74 Å². The second kappa shape index (κ2) is 4.23. The first-order valence-corrected chi connectivity index (χ1v) is 4.77. The van der Waals surface area contributed by atoms with Gasteiger partial charge in [-0.15, -0.1) is 0 Å². The van der Waals surface area contributed by atoms with E-state index in [0.717, 1.165) is 0 Å². The van der Waals surface area contributed by atoms with Gasteiger partial charge in [-0.1, -0.05) is 5.10 Å². The summed E-state index contributed by atoms with van der Waals surface area (Å²) >= 11 is 4.91. The van der Waals surface area contributed by atoms with Crippen LogP contribution in [0.4, 0.5) is 0 Å². The van der Waals surface area contributed by atoms with Gasteiger partial charge in [0.2, 0.25) is 5.16 Å². The predicted molar refractivity (Wildman–Crippen MR) is 56.4 cm³/mol. The summed E-state index contributed by atoms with van der Waals surface area (Å²) in [5.41, 5.74) is 1.16. The molecule has 0 spiro atoms. The minimum Gasteiger partial charge on any atom is -0.465 e. The lowest BCUT2D eigenvalue weighted by Gasteiger charge is -2.02. The number of methoxy groups -OCH3 is 1. The molecule has 2 aromatic rings. The molecule has 0 aliphatic rings. The van der Waals surface area contributed by atoms with Crippen LogP contribution >= 0.6 is 12.6 Å². The van der Waals surface area contributed by atoms with Crippen molar-refractivity contribution < 1.29 is 9.53 Å². The normalized spacial score (nSPS) is 10.1. The molecule has 1 aromatic heterocycles. The molecule has 0 unspecified atom stereocenters. The first-order chi connectivity index (χ1) is 7.72. The standard InChI is InChI=1S/C9H7N4O2S/c1-15-8(14)6-2-4-7(5-3-6)13-9(16)10-11-12-13/h2-5H,1H3. The van der Waals surface area contributed by atoms with Gasteiger partial charge in [0.05, 0.1) is 18.4 Å². The highest BCUT2D eigenvalue weighted by molar-refractivity contribution is 7.80. The van der Waals surface area contributed by atoms with Crippen molar-refractivity contribution in [3.8, 4) is 5.69 Å². The van der Waals surface area contributed by atoms with E-state index in [1.807, 2.05) is 0 Å². The lowest BCUT2D eigenvalue weighted by Crippen LogP contribution is -2.02. The van der Waals surface area contributed by atoms with Crippen molar-refractivity contribution in [2.45, 2.75) is 5.16 Å². The number of nitrogens with zero attached hydrogens (tertiary/aromatic N) is 4. The van der Waals surface area contributed by atoms with E-state index in [-0.39, 0.29) is 11.1 Å². The third-order valence-electron chi connectivity index (χ3n) is 1.97. The van der Waals surface area contributed by atoms with Crippen molar-refractivity contribution in [1.82, 2.24) is 20.2 Å². The van der Waals surface area contributed by atoms with E-state index < -0.39 is 0 Å². The first-order valence-electron chi connectivity index (χ1n) is 4.36. The number of esters is 1. The van der Waals surface area contributed by atoms with Crippen LogP contribution in [0.1, 0.15) is 10.4 Å². The van der Waals surface area contributed by atoms with Crippen molar-refractivity contribution >= 4 is 18.6 Å². The van der Waals surface area contributed by atoms with Crippen LogP contribution in [0, 0.1) is 0 Å². The Morgan fingerprint density at radius 1 is 1.38 bits per heavy atom. The van der Waals surface area contributed by atoms with E-state index in [1.165, 1.54) is 11.8 Å². The fourth-order valence-corrected chi connectivity index (χ4v) is 1.38. The second-order valence-electron chi connectivity index (χ2n) is 2.91. The van der Waals surface area contributed by atoms with Gasteiger partial charge in [0.25, 0.3) is 0 Å². The molecule has 0 saturated heterocycles. The van der Waals surface area contributed by atoms with Gasteiger partial charge in [-0.25, -0.2) is 4.79 Å². The molecule has 0 aliphatic heterocycles. The first kappa shape index (κ1) is 10.5. The van der Waals surface area contributed by atoms with Crippen LogP contribution in [0.3, 0.4) is 0 Å². The lowest BCUT2D eigenvalue weighted by atomic mass is 10.2. The summed E-state index contributed by atoms with van der Waals surface area (Å²) in [6, 6.07) is 6.63. The number of tetrazole rings is 1. The summed E-state index contributed by atoms with van der Waals surface area (Å²) in [7, 11) is 1.33. The fraction of sp³-hybridized carbons (Fsp3) is 0.111. The van der Waals surface area contributed by atoms with Gasteiger partial charge in [-0.05, 0) is 47.3 Å². The Bertz CT molecular complexity index is 508. The Morgan fingerprint density at radius 3 is 2.56 bits per heavy atom. The molecule has 0 N–H and O–H groups in total. The van der Waals surface area contributed by atoms with Crippen LogP contribution in [0.2, 0.25) is 0 Å². The zero-order chi connectivity index (χ0) is 11.5. The molecule has 7 heteroatoms. The zero-order valence-electron chi connectivity index (χ0n) is 8.32. The molecule has 16 heavy (non-hydrogen) atoms. The van der Waals surface area contributed by atoms with E-state index in [1.54, 1.807) is 24.3 Å². The number of rotatable bonds is 2. The summed E-state index contributed by atoms with van der Waals surface area (Å²) in [6.07, 6.45) is 0. The molecule has 6 nitrogen and oxygen atoms in total. The summed E-state index contributed by atoms with van der Waals surface area (Å²) in [6.45, 7) is 0. The maximum Gasteiger partial charge on any atom is 0.337 e. The molecular formula is C9H7N4O2S. The molecule has 0 saturated carbocycles. The quantitative estimate of drug-likeness (QED) is 0.726. The average Bonchev–Trinajstić information content (AvgIpc) is 2.75. The Labute approximate surface area is 96.6 Å². The van der Waals surface area contributed by atoms with Crippen LogP contribution in [0.15, 0.2) is 29.4 Å². The third kappa shape index (κ3) is 1.84. The van der Waals surface area contributed by atoms with Gasteiger partial charge >= 0.3 is 5.97 Å². The minimum absolute atomic E-state index is 0.269. The van der Waals surface area contributed by atoms with Crippen molar-refractivity contribution in [2.75, 3.05) is 7.11 Å². The fourth-order valence-electron chi connectivity index (χ4n) is 1.20. The van der Waals surface area contributed by atoms with Gasteiger partial charge in [0.15, 0.2) is 0 Å². The highest BCUT2D eigenvalue weighted by atomic mass is 32.1. The lowest BCUT2D eigenvalue weighted by molar-refractivity contribution is 0.0601. The van der Waals surface area contributed by atoms with Crippen LogP contribution in [0.5, 0.6) is 0 Å². The second-order valence-corrected chi connectivity index (χ2v) is 3.28. The molecule has 1 aromatic carbocycles. The predicted octanol–water partition coefficient (Wildman–Crippen LogP) is 1.01. The maximum atomic E-state index is 11.2.